The normalized spacial score (nSPS) is 18.2. The fraction of sp³-hybridized carbons (Fsp3) is 0.462. The molecular weight excluding hydrogens is 238 g/mol. The Balaban J connectivity index is 1.99. The zero-order valence-electron chi connectivity index (χ0n) is 10.2. The summed E-state index contributed by atoms with van der Waals surface area (Å²) in [6, 6.07) is 3.15. The third-order valence-electron chi connectivity index (χ3n) is 3.36. The molecule has 1 aromatic rings. The van der Waals surface area contributed by atoms with Crippen molar-refractivity contribution in [2.24, 2.45) is 11.7 Å². The molecule has 0 radical (unpaired) electrons. The summed E-state index contributed by atoms with van der Waals surface area (Å²) in [4.78, 5) is 11.9. The van der Waals surface area contributed by atoms with Crippen LogP contribution in [0.2, 0.25) is 0 Å². The largest absolute Gasteiger partial charge is 0.350 e. The van der Waals surface area contributed by atoms with Crippen LogP contribution >= 0.6 is 0 Å². The summed E-state index contributed by atoms with van der Waals surface area (Å²) in [5.41, 5.74) is 5.11. The minimum Gasteiger partial charge on any atom is -0.350 e. The molecule has 2 rings (SSSR count). The lowest BCUT2D eigenvalue weighted by Crippen LogP contribution is -2.53. The van der Waals surface area contributed by atoms with Crippen LogP contribution in [0, 0.1) is 17.6 Å². The van der Waals surface area contributed by atoms with Crippen molar-refractivity contribution >= 4 is 5.91 Å². The summed E-state index contributed by atoms with van der Waals surface area (Å²) < 4.78 is 26.3. The van der Waals surface area contributed by atoms with Gasteiger partial charge in [-0.25, -0.2) is 8.78 Å². The molecule has 3 N–H and O–H groups in total. The van der Waals surface area contributed by atoms with E-state index in [9.17, 15) is 13.6 Å². The molecule has 1 atom stereocenters. The fourth-order valence-corrected chi connectivity index (χ4v) is 1.91. The second-order valence-corrected chi connectivity index (χ2v) is 4.98. The number of nitrogens with two attached hydrogens (primary N) is 1. The zero-order valence-corrected chi connectivity index (χ0v) is 10.2. The standard InChI is InChI=1S/C13H16F2N2O/c1-13(16,9-2-3-9)12(18)17-7-8-6-10(14)4-5-11(8)15/h4-6,9H,2-3,7,16H2,1H3,(H,17,18). The number of hydrogen-bond acceptors (Lipinski definition) is 2. The van der Waals surface area contributed by atoms with Gasteiger partial charge in [-0.15, -0.1) is 0 Å². The van der Waals surface area contributed by atoms with Gasteiger partial charge in [0.25, 0.3) is 0 Å². The van der Waals surface area contributed by atoms with Gasteiger partial charge in [0, 0.05) is 12.1 Å². The molecule has 1 aliphatic carbocycles. The highest BCUT2D eigenvalue weighted by molar-refractivity contribution is 5.86. The van der Waals surface area contributed by atoms with Gasteiger partial charge in [0.2, 0.25) is 5.91 Å². The van der Waals surface area contributed by atoms with E-state index < -0.39 is 17.2 Å². The van der Waals surface area contributed by atoms with Gasteiger partial charge in [0.05, 0.1) is 5.54 Å². The van der Waals surface area contributed by atoms with E-state index in [2.05, 4.69) is 5.32 Å². The Bertz CT molecular complexity index is 470. The highest BCUT2D eigenvalue weighted by atomic mass is 19.1. The molecule has 3 nitrogen and oxygen atoms in total. The summed E-state index contributed by atoms with van der Waals surface area (Å²) >= 11 is 0. The molecule has 0 aliphatic heterocycles. The van der Waals surface area contributed by atoms with Crippen LogP contribution in [0.25, 0.3) is 0 Å². The Morgan fingerprint density at radius 2 is 2.17 bits per heavy atom. The molecule has 0 saturated heterocycles. The van der Waals surface area contributed by atoms with Crippen molar-refractivity contribution < 1.29 is 13.6 Å². The Morgan fingerprint density at radius 3 is 2.78 bits per heavy atom. The molecule has 1 aromatic carbocycles. The Kier molecular flexibility index (Phi) is 3.34. The van der Waals surface area contributed by atoms with E-state index >= 15 is 0 Å². The van der Waals surface area contributed by atoms with E-state index in [4.69, 9.17) is 5.73 Å². The van der Waals surface area contributed by atoms with E-state index in [0.717, 1.165) is 31.0 Å². The van der Waals surface area contributed by atoms with Gasteiger partial charge in [-0.05, 0) is 43.9 Å². The Hall–Kier alpha value is -1.49. The second-order valence-electron chi connectivity index (χ2n) is 4.98. The summed E-state index contributed by atoms with van der Waals surface area (Å²) in [6.07, 6.45) is 1.88. The number of carbonyl (C=O) groups is 1. The van der Waals surface area contributed by atoms with Crippen molar-refractivity contribution in [3.8, 4) is 0 Å². The van der Waals surface area contributed by atoms with Crippen molar-refractivity contribution in [1.82, 2.24) is 5.32 Å². The predicted octanol–water partition coefficient (Wildman–Crippen LogP) is 1.71. The SMILES string of the molecule is CC(N)(C(=O)NCc1cc(F)ccc1F)C1CC1. The van der Waals surface area contributed by atoms with E-state index in [0.29, 0.717) is 0 Å². The van der Waals surface area contributed by atoms with Gasteiger partial charge < -0.3 is 11.1 Å². The number of rotatable bonds is 4. The topological polar surface area (TPSA) is 55.1 Å². The smallest absolute Gasteiger partial charge is 0.240 e. The van der Waals surface area contributed by atoms with Crippen LogP contribution in [-0.2, 0) is 11.3 Å². The lowest BCUT2D eigenvalue weighted by atomic mass is 9.96. The van der Waals surface area contributed by atoms with E-state index in [-0.39, 0.29) is 23.9 Å². The molecule has 1 saturated carbocycles. The van der Waals surface area contributed by atoms with Crippen molar-refractivity contribution in [3.63, 3.8) is 0 Å². The minimum absolute atomic E-state index is 0.0536. The molecule has 18 heavy (non-hydrogen) atoms. The molecule has 1 amide bonds. The maximum absolute atomic E-state index is 13.3. The first-order valence-corrected chi connectivity index (χ1v) is 5.92. The fourth-order valence-electron chi connectivity index (χ4n) is 1.91. The number of amides is 1. The first kappa shape index (κ1) is 13.0. The van der Waals surface area contributed by atoms with Gasteiger partial charge >= 0.3 is 0 Å². The lowest BCUT2D eigenvalue weighted by Gasteiger charge is -2.23. The summed E-state index contributed by atoms with van der Waals surface area (Å²) in [5, 5.41) is 2.56. The van der Waals surface area contributed by atoms with Crippen LogP contribution in [0.5, 0.6) is 0 Å². The molecule has 1 fully saturated rings. The van der Waals surface area contributed by atoms with E-state index in [1.54, 1.807) is 6.92 Å². The minimum atomic E-state index is -0.927. The molecule has 1 unspecified atom stereocenters. The van der Waals surface area contributed by atoms with Crippen LogP contribution in [0.15, 0.2) is 18.2 Å². The first-order valence-electron chi connectivity index (χ1n) is 5.92. The highest BCUT2D eigenvalue weighted by Gasteiger charge is 2.43. The second kappa shape index (κ2) is 4.65. The monoisotopic (exact) mass is 254 g/mol. The number of carbonyl (C=O) groups excluding carboxylic acids is 1. The maximum atomic E-state index is 13.3. The number of halogens is 2. The molecule has 0 heterocycles. The van der Waals surface area contributed by atoms with Crippen LogP contribution in [0.1, 0.15) is 25.3 Å². The van der Waals surface area contributed by atoms with Crippen LogP contribution in [-0.4, -0.2) is 11.4 Å². The van der Waals surface area contributed by atoms with Crippen molar-refractivity contribution in [3.05, 3.63) is 35.4 Å². The predicted molar refractivity (Wildman–Crippen MR) is 63.5 cm³/mol. The third-order valence-corrected chi connectivity index (χ3v) is 3.36. The van der Waals surface area contributed by atoms with E-state index in [1.807, 2.05) is 0 Å². The highest BCUT2D eigenvalue weighted by Crippen LogP contribution is 2.38. The summed E-state index contributed by atoms with van der Waals surface area (Å²) in [6.45, 7) is 1.61. The zero-order chi connectivity index (χ0) is 13.3. The Labute approximate surface area is 104 Å². The third kappa shape index (κ3) is 2.67. The van der Waals surface area contributed by atoms with Crippen molar-refractivity contribution in [1.29, 1.82) is 0 Å². The van der Waals surface area contributed by atoms with Gasteiger partial charge in [-0.3, -0.25) is 4.79 Å². The van der Waals surface area contributed by atoms with E-state index in [1.165, 1.54) is 0 Å². The molecule has 1 aliphatic rings. The van der Waals surface area contributed by atoms with Crippen molar-refractivity contribution in [2.45, 2.75) is 31.8 Å². The van der Waals surface area contributed by atoms with Gasteiger partial charge in [-0.2, -0.15) is 0 Å². The lowest BCUT2D eigenvalue weighted by molar-refractivity contribution is -0.126. The molecule has 0 spiro atoms. The van der Waals surface area contributed by atoms with Crippen LogP contribution < -0.4 is 11.1 Å². The molecule has 5 heteroatoms. The van der Waals surface area contributed by atoms with Gasteiger partial charge in [0.1, 0.15) is 11.6 Å². The Morgan fingerprint density at radius 1 is 1.50 bits per heavy atom. The average molecular weight is 254 g/mol. The molecule has 0 bridgehead atoms. The molecular formula is C13H16F2N2O. The van der Waals surface area contributed by atoms with Gasteiger partial charge in [-0.1, -0.05) is 0 Å². The van der Waals surface area contributed by atoms with Crippen LogP contribution in [0.3, 0.4) is 0 Å². The molecule has 0 aromatic heterocycles. The number of nitrogens with one attached hydrogen (secondary N) is 1. The number of hydrogen-bond donors (Lipinski definition) is 2. The van der Waals surface area contributed by atoms with Crippen molar-refractivity contribution in [2.75, 3.05) is 0 Å². The van der Waals surface area contributed by atoms with Gasteiger partial charge in [0.15, 0.2) is 0 Å². The first-order chi connectivity index (χ1) is 8.41. The quantitative estimate of drug-likeness (QED) is 0.859. The average Bonchev–Trinajstić information content (AvgIpc) is 3.14. The van der Waals surface area contributed by atoms with Crippen LogP contribution in [0.4, 0.5) is 8.78 Å². The molecule has 98 valence electrons. The maximum Gasteiger partial charge on any atom is 0.240 e. The summed E-state index contributed by atoms with van der Waals surface area (Å²) in [5.74, 6) is -1.20. The summed E-state index contributed by atoms with van der Waals surface area (Å²) in [7, 11) is 0. The number of benzene rings is 1.